The molecule has 1 amide bonds. The Morgan fingerprint density at radius 1 is 1.19 bits per heavy atom. The smallest absolute Gasteiger partial charge is 0.222 e. The van der Waals surface area contributed by atoms with Crippen LogP contribution in [0.15, 0.2) is 48.8 Å². The van der Waals surface area contributed by atoms with E-state index in [1.807, 2.05) is 31.3 Å². The van der Waals surface area contributed by atoms with E-state index in [9.17, 15) is 9.18 Å². The summed E-state index contributed by atoms with van der Waals surface area (Å²) >= 11 is 0. The fourth-order valence-electron chi connectivity index (χ4n) is 4.34. The van der Waals surface area contributed by atoms with Gasteiger partial charge in [-0.15, -0.1) is 0 Å². The Morgan fingerprint density at radius 3 is 2.74 bits per heavy atom. The van der Waals surface area contributed by atoms with Crippen LogP contribution in [0.4, 0.5) is 4.39 Å². The molecule has 2 aromatic heterocycles. The zero-order valence-corrected chi connectivity index (χ0v) is 18.2. The molecule has 4 rings (SSSR count). The molecule has 0 saturated carbocycles. The number of carbonyl (C=O) groups excluding carboxylic acids is 1. The van der Waals surface area contributed by atoms with E-state index in [-0.39, 0.29) is 17.6 Å². The molecular formula is C25H29FN4O. The van der Waals surface area contributed by atoms with Crippen LogP contribution in [0.5, 0.6) is 0 Å². The van der Waals surface area contributed by atoms with Crippen LogP contribution in [0.3, 0.4) is 0 Å². The first-order valence-electron chi connectivity index (χ1n) is 11.0. The molecule has 0 aliphatic carbocycles. The van der Waals surface area contributed by atoms with Gasteiger partial charge in [0.15, 0.2) is 0 Å². The Balaban J connectivity index is 1.38. The van der Waals surface area contributed by atoms with Gasteiger partial charge in [-0.3, -0.25) is 14.5 Å². The highest BCUT2D eigenvalue weighted by atomic mass is 19.1. The number of nitrogens with zero attached hydrogens (tertiary/aromatic N) is 4. The Kier molecular flexibility index (Phi) is 6.44. The van der Waals surface area contributed by atoms with Crippen molar-refractivity contribution >= 4 is 5.91 Å². The van der Waals surface area contributed by atoms with E-state index in [0.29, 0.717) is 6.42 Å². The van der Waals surface area contributed by atoms with Gasteiger partial charge in [0, 0.05) is 55.6 Å². The fourth-order valence-corrected chi connectivity index (χ4v) is 4.34. The van der Waals surface area contributed by atoms with Crippen LogP contribution >= 0.6 is 0 Å². The number of hydrogen-bond acceptors (Lipinski definition) is 3. The van der Waals surface area contributed by atoms with Gasteiger partial charge in [-0.2, -0.15) is 5.10 Å². The summed E-state index contributed by atoms with van der Waals surface area (Å²) in [6, 6.07) is 10.8. The third-order valence-electron chi connectivity index (χ3n) is 5.97. The molecule has 6 heteroatoms. The van der Waals surface area contributed by atoms with Crippen molar-refractivity contribution in [1.29, 1.82) is 0 Å². The first-order valence-corrected chi connectivity index (χ1v) is 11.0. The first-order chi connectivity index (χ1) is 15.0. The van der Waals surface area contributed by atoms with Crippen LogP contribution in [0.25, 0.3) is 11.1 Å². The Bertz CT molecular complexity index is 1040. The third-order valence-corrected chi connectivity index (χ3v) is 5.97. The number of amides is 1. The fraction of sp³-hybridized carbons (Fsp3) is 0.400. The quantitative estimate of drug-likeness (QED) is 0.583. The van der Waals surface area contributed by atoms with Gasteiger partial charge < -0.3 is 4.90 Å². The highest BCUT2D eigenvalue weighted by Gasteiger charge is 2.26. The SMILES string of the molecule is Cc1cc(-c2cnn(C)c2)cc([C@@H]2CCCN(C(=O)CCCc3ccc(F)cc3)C2)n1. The van der Waals surface area contributed by atoms with Gasteiger partial charge in [-0.05, 0) is 68.0 Å². The molecule has 0 radical (unpaired) electrons. The molecule has 3 heterocycles. The Morgan fingerprint density at radius 2 is 2.00 bits per heavy atom. The number of rotatable bonds is 6. The second-order valence-corrected chi connectivity index (χ2v) is 8.48. The summed E-state index contributed by atoms with van der Waals surface area (Å²) in [5.74, 6) is 0.229. The number of aryl methyl sites for hydroxylation is 3. The number of aromatic nitrogens is 3. The maximum Gasteiger partial charge on any atom is 0.222 e. The number of piperidine rings is 1. The summed E-state index contributed by atoms with van der Waals surface area (Å²) in [7, 11) is 1.92. The highest BCUT2D eigenvalue weighted by molar-refractivity contribution is 5.76. The van der Waals surface area contributed by atoms with Crippen molar-refractivity contribution in [2.75, 3.05) is 13.1 Å². The zero-order valence-electron chi connectivity index (χ0n) is 18.2. The number of carbonyl (C=O) groups is 1. The highest BCUT2D eigenvalue weighted by Crippen LogP contribution is 2.30. The van der Waals surface area contributed by atoms with E-state index in [1.54, 1.807) is 16.8 Å². The number of halogens is 1. The third kappa shape index (κ3) is 5.37. The lowest BCUT2D eigenvalue weighted by Gasteiger charge is -2.33. The predicted octanol–water partition coefficient (Wildman–Crippen LogP) is 4.66. The van der Waals surface area contributed by atoms with Crippen LogP contribution in [0.2, 0.25) is 0 Å². The van der Waals surface area contributed by atoms with Crippen molar-refractivity contribution in [3.05, 3.63) is 71.6 Å². The first kappa shape index (κ1) is 21.2. The number of pyridine rings is 1. The molecule has 31 heavy (non-hydrogen) atoms. The van der Waals surface area contributed by atoms with Gasteiger partial charge >= 0.3 is 0 Å². The van der Waals surface area contributed by atoms with E-state index in [0.717, 1.165) is 66.9 Å². The molecule has 1 atom stereocenters. The molecule has 1 aromatic carbocycles. The molecule has 3 aromatic rings. The van der Waals surface area contributed by atoms with Crippen LogP contribution in [0, 0.1) is 12.7 Å². The van der Waals surface area contributed by atoms with Gasteiger partial charge in [0.2, 0.25) is 5.91 Å². The van der Waals surface area contributed by atoms with Crippen LogP contribution in [-0.2, 0) is 18.3 Å². The largest absolute Gasteiger partial charge is 0.342 e. The zero-order chi connectivity index (χ0) is 21.8. The summed E-state index contributed by atoms with van der Waals surface area (Å²) in [6.45, 7) is 3.55. The summed E-state index contributed by atoms with van der Waals surface area (Å²) < 4.78 is 14.8. The van der Waals surface area contributed by atoms with Crippen molar-refractivity contribution in [3.8, 4) is 11.1 Å². The molecule has 0 spiro atoms. The lowest BCUT2D eigenvalue weighted by atomic mass is 9.92. The van der Waals surface area contributed by atoms with Gasteiger partial charge in [0.25, 0.3) is 0 Å². The van der Waals surface area contributed by atoms with E-state index in [2.05, 4.69) is 17.2 Å². The normalized spacial score (nSPS) is 16.5. The summed E-state index contributed by atoms with van der Waals surface area (Å²) in [5, 5.41) is 4.28. The van der Waals surface area contributed by atoms with Gasteiger partial charge in [-0.25, -0.2) is 4.39 Å². The van der Waals surface area contributed by atoms with Gasteiger partial charge in [-0.1, -0.05) is 12.1 Å². The van der Waals surface area contributed by atoms with Gasteiger partial charge in [0.05, 0.1) is 6.20 Å². The number of hydrogen-bond donors (Lipinski definition) is 0. The molecule has 0 N–H and O–H groups in total. The van der Waals surface area contributed by atoms with Crippen molar-refractivity contribution in [3.63, 3.8) is 0 Å². The molecule has 5 nitrogen and oxygen atoms in total. The van der Waals surface area contributed by atoms with E-state index < -0.39 is 0 Å². The minimum Gasteiger partial charge on any atom is -0.342 e. The summed E-state index contributed by atoms with van der Waals surface area (Å²) in [5.41, 5.74) is 5.32. The maximum atomic E-state index is 13.0. The monoisotopic (exact) mass is 420 g/mol. The van der Waals surface area contributed by atoms with Crippen LogP contribution in [0.1, 0.15) is 48.6 Å². The van der Waals surface area contributed by atoms with Crippen molar-refractivity contribution in [1.82, 2.24) is 19.7 Å². The lowest BCUT2D eigenvalue weighted by Crippen LogP contribution is -2.39. The molecule has 162 valence electrons. The molecule has 1 saturated heterocycles. The molecular weight excluding hydrogens is 391 g/mol. The van der Waals surface area contributed by atoms with Crippen molar-refractivity contribution in [2.45, 2.75) is 44.9 Å². The molecule has 0 unspecified atom stereocenters. The minimum atomic E-state index is -0.226. The average Bonchev–Trinajstić information content (AvgIpc) is 3.21. The predicted molar refractivity (Wildman–Crippen MR) is 119 cm³/mol. The van der Waals surface area contributed by atoms with Crippen molar-refractivity contribution < 1.29 is 9.18 Å². The summed E-state index contributed by atoms with van der Waals surface area (Å²) in [6.07, 6.45) is 8.00. The standard InChI is InChI=1S/C25H29FN4O/c1-18-13-21(22-15-27-29(2)16-22)14-24(28-18)20-6-4-12-30(17-20)25(31)7-3-5-19-8-10-23(26)11-9-19/h8-11,13-16,20H,3-7,12,17H2,1-2H3/t20-/m1/s1. The second-order valence-electron chi connectivity index (χ2n) is 8.48. The number of likely N-dealkylation sites (tertiary alicyclic amines) is 1. The topological polar surface area (TPSA) is 51.0 Å². The molecule has 0 bridgehead atoms. The second kappa shape index (κ2) is 9.41. The number of benzene rings is 1. The van der Waals surface area contributed by atoms with Gasteiger partial charge in [0.1, 0.15) is 5.82 Å². The molecule has 1 aliphatic heterocycles. The summed E-state index contributed by atoms with van der Waals surface area (Å²) in [4.78, 5) is 19.6. The van der Waals surface area contributed by atoms with E-state index in [1.165, 1.54) is 12.1 Å². The van der Waals surface area contributed by atoms with E-state index >= 15 is 0 Å². The molecule has 1 aliphatic rings. The minimum absolute atomic E-state index is 0.201. The Hall–Kier alpha value is -3.02. The van der Waals surface area contributed by atoms with Crippen LogP contribution in [-0.4, -0.2) is 38.7 Å². The van der Waals surface area contributed by atoms with Crippen LogP contribution < -0.4 is 0 Å². The van der Waals surface area contributed by atoms with Crippen molar-refractivity contribution in [2.24, 2.45) is 7.05 Å². The van der Waals surface area contributed by atoms with E-state index in [4.69, 9.17) is 4.98 Å². The molecule has 1 fully saturated rings. The average molecular weight is 421 g/mol. The maximum absolute atomic E-state index is 13.0. The lowest BCUT2D eigenvalue weighted by molar-refractivity contribution is -0.132. The Labute approximate surface area is 182 Å².